The third kappa shape index (κ3) is 5.32. The molecule has 4 aromatic rings. The van der Waals surface area contributed by atoms with Crippen LogP contribution in [-0.2, 0) is 6.18 Å². The smallest absolute Gasteiger partial charge is 0.322 e. The Morgan fingerprint density at radius 1 is 0.771 bits per heavy atom. The molecular weight excluding hydrogens is 473 g/mol. The van der Waals surface area contributed by atoms with Crippen LogP contribution in [0.2, 0.25) is 0 Å². The Kier molecular flexibility index (Phi) is 6.28. The molecule has 0 fully saturated rings. The van der Waals surface area contributed by atoms with Crippen molar-refractivity contribution in [2.24, 2.45) is 0 Å². The van der Waals surface area contributed by atoms with Gasteiger partial charge in [-0.05, 0) is 60.7 Å². The lowest BCUT2D eigenvalue weighted by atomic mass is 10.1. The van der Waals surface area contributed by atoms with Crippen molar-refractivity contribution in [3.8, 4) is 5.69 Å². The van der Waals surface area contributed by atoms with Crippen molar-refractivity contribution in [2.75, 3.05) is 10.6 Å². The first-order chi connectivity index (χ1) is 16.6. The maximum atomic E-state index is 13.8. The Labute approximate surface area is 194 Å². The molecule has 12 heteroatoms. The van der Waals surface area contributed by atoms with E-state index in [2.05, 4.69) is 20.9 Å². The molecule has 35 heavy (non-hydrogen) atoms. The van der Waals surface area contributed by atoms with E-state index in [-0.39, 0.29) is 22.6 Å². The van der Waals surface area contributed by atoms with Crippen LogP contribution in [0.3, 0.4) is 0 Å². The molecule has 2 N–H and O–H groups in total. The van der Waals surface area contributed by atoms with Gasteiger partial charge in [-0.1, -0.05) is 17.3 Å². The van der Waals surface area contributed by atoms with Gasteiger partial charge in [-0.25, -0.2) is 13.5 Å². The molecule has 0 saturated heterocycles. The fourth-order valence-corrected chi connectivity index (χ4v) is 3.15. The highest BCUT2D eigenvalue weighted by Gasteiger charge is 2.42. The second-order valence-electron chi connectivity index (χ2n) is 7.17. The van der Waals surface area contributed by atoms with E-state index in [0.29, 0.717) is 4.68 Å². The lowest BCUT2D eigenvalue weighted by molar-refractivity contribution is -0.143. The van der Waals surface area contributed by atoms with Crippen molar-refractivity contribution in [3.05, 3.63) is 101 Å². The number of benzene rings is 3. The molecule has 1 heterocycles. The van der Waals surface area contributed by atoms with Crippen LogP contribution in [0.4, 0.5) is 33.3 Å². The molecule has 0 aliphatic carbocycles. The second-order valence-corrected chi connectivity index (χ2v) is 7.17. The van der Waals surface area contributed by atoms with Gasteiger partial charge in [-0.15, -0.1) is 5.10 Å². The molecule has 0 bridgehead atoms. The van der Waals surface area contributed by atoms with Crippen LogP contribution >= 0.6 is 0 Å². The quantitative estimate of drug-likeness (QED) is 0.385. The Hall–Kier alpha value is -4.61. The van der Waals surface area contributed by atoms with Gasteiger partial charge in [-0.3, -0.25) is 9.59 Å². The highest BCUT2D eigenvalue weighted by Crippen LogP contribution is 2.33. The molecule has 2 amide bonds. The van der Waals surface area contributed by atoms with Crippen LogP contribution in [-0.4, -0.2) is 26.8 Å². The summed E-state index contributed by atoms with van der Waals surface area (Å²) in [5.41, 5.74) is -2.37. The number of nitrogens with one attached hydrogen (secondary N) is 2. The summed E-state index contributed by atoms with van der Waals surface area (Å²) in [5, 5.41) is 11.5. The summed E-state index contributed by atoms with van der Waals surface area (Å²) in [7, 11) is 0. The number of anilines is 2. The average Bonchev–Trinajstić information content (AvgIpc) is 3.26. The van der Waals surface area contributed by atoms with Crippen LogP contribution < -0.4 is 10.6 Å². The summed E-state index contributed by atoms with van der Waals surface area (Å²) in [6.07, 6.45) is -5.02. The maximum Gasteiger partial charge on any atom is 0.435 e. The topological polar surface area (TPSA) is 88.9 Å². The van der Waals surface area contributed by atoms with Crippen LogP contribution in [0.25, 0.3) is 5.69 Å². The average molecular weight is 487 g/mol. The van der Waals surface area contributed by atoms with Crippen molar-refractivity contribution in [2.45, 2.75) is 6.18 Å². The minimum absolute atomic E-state index is 0.00588. The minimum atomic E-state index is -5.02. The van der Waals surface area contributed by atoms with Gasteiger partial charge in [0.05, 0.1) is 5.69 Å². The summed E-state index contributed by atoms with van der Waals surface area (Å²) >= 11 is 0. The summed E-state index contributed by atoms with van der Waals surface area (Å²) < 4.78 is 68.2. The summed E-state index contributed by atoms with van der Waals surface area (Å²) in [6, 6.07) is 14.6. The first-order valence-corrected chi connectivity index (χ1v) is 9.89. The third-order valence-electron chi connectivity index (χ3n) is 4.69. The number of rotatable bonds is 5. The third-order valence-corrected chi connectivity index (χ3v) is 4.69. The van der Waals surface area contributed by atoms with E-state index in [1.807, 2.05) is 0 Å². The SMILES string of the molecule is O=C(Nc1cccc(F)c1)c1cccc(NC(=O)c2nnn(-c3ccc(F)cc3)c2C(F)(F)F)c1. The number of carbonyl (C=O) groups excluding carboxylic acids is 2. The second kappa shape index (κ2) is 9.33. The fourth-order valence-electron chi connectivity index (χ4n) is 3.15. The fraction of sp³-hybridized carbons (Fsp3) is 0.0435. The predicted octanol–water partition coefficient (Wildman–Crippen LogP) is 5.07. The number of hydrogen-bond donors (Lipinski definition) is 2. The number of carbonyl (C=O) groups is 2. The first-order valence-electron chi connectivity index (χ1n) is 9.89. The Balaban J connectivity index is 1.58. The van der Waals surface area contributed by atoms with Crippen molar-refractivity contribution < 1.29 is 31.5 Å². The number of amides is 2. The van der Waals surface area contributed by atoms with Gasteiger partial charge in [0.2, 0.25) is 0 Å². The number of nitrogens with zero attached hydrogens (tertiary/aromatic N) is 3. The van der Waals surface area contributed by atoms with E-state index in [1.54, 1.807) is 0 Å². The van der Waals surface area contributed by atoms with Crippen LogP contribution in [0.1, 0.15) is 26.5 Å². The molecule has 0 atom stereocenters. The molecule has 3 aromatic carbocycles. The zero-order chi connectivity index (χ0) is 25.2. The van der Waals surface area contributed by atoms with Gasteiger partial charge in [0.1, 0.15) is 11.6 Å². The monoisotopic (exact) mass is 487 g/mol. The van der Waals surface area contributed by atoms with E-state index in [4.69, 9.17) is 0 Å². The standard InChI is InChI=1S/C23H14F5N5O2/c24-14-7-9-18(10-8-14)33-20(23(26,27)28)19(31-32-33)22(35)30-16-5-1-3-13(11-16)21(34)29-17-6-2-4-15(25)12-17/h1-12H,(H,29,34)(H,30,35). The Morgan fingerprint density at radius 2 is 1.40 bits per heavy atom. The maximum absolute atomic E-state index is 13.8. The summed E-state index contributed by atoms with van der Waals surface area (Å²) in [5.74, 6) is -3.09. The summed E-state index contributed by atoms with van der Waals surface area (Å²) in [6.45, 7) is 0. The van der Waals surface area contributed by atoms with E-state index >= 15 is 0 Å². The number of alkyl halides is 3. The lowest BCUT2D eigenvalue weighted by Gasteiger charge is -2.12. The number of halogens is 5. The zero-order valence-electron chi connectivity index (χ0n) is 17.5. The molecular formula is C23H14F5N5O2. The van der Waals surface area contributed by atoms with E-state index in [1.165, 1.54) is 42.5 Å². The van der Waals surface area contributed by atoms with Gasteiger partial charge >= 0.3 is 6.18 Å². The predicted molar refractivity (Wildman–Crippen MR) is 115 cm³/mol. The van der Waals surface area contributed by atoms with Crippen molar-refractivity contribution in [3.63, 3.8) is 0 Å². The highest BCUT2D eigenvalue weighted by atomic mass is 19.4. The number of hydrogen-bond acceptors (Lipinski definition) is 4. The molecule has 0 aliphatic rings. The normalized spacial score (nSPS) is 11.2. The Bertz CT molecular complexity index is 1400. The van der Waals surface area contributed by atoms with Crippen molar-refractivity contribution >= 4 is 23.2 Å². The van der Waals surface area contributed by atoms with E-state index in [0.717, 1.165) is 30.3 Å². The largest absolute Gasteiger partial charge is 0.435 e. The summed E-state index contributed by atoms with van der Waals surface area (Å²) in [4.78, 5) is 25.1. The van der Waals surface area contributed by atoms with Crippen molar-refractivity contribution in [1.82, 2.24) is 15.0 Å². The van der Waals surface area contributed by atoms with Crippen LogP contribution in [0.5, 0.6) is 0 Å². The molecule has 0 radical (unpaired) electrons. The molecule has 0 saturated carbocycles. The van der Waals surface area contributed by atoms with Crippen LogP contribution in [0, 0.1) is 11.6 Å². The zero-order valence-corrected chi connectivity index (χ0v) is 17.5. The van der Waals surface area contributed by atoms with Gasteiger partial charge < -0.3 is 10.6 Å². The van der Waals surface area contributed by atoms with Crippen LogP contribution in [0.15, 0.2) is 72.8 Å². The molecule has 0 spiro atoms. The Morgan fingerprint density at radius 3 is 2.06 bits per heavy atom. The molecule has 1 aromatic heterocycles. The van der Waals surface area contributed by atoms with Gasteiger partial charge in [0.15, 0.2) is 11.4 Å². The molecule has 0 unspecified atom stereocenters. The molecule has 178 valence electrons. The number of aromatic nitrogens is 3. The minimum Gasteiger partial charge on any atom is -0.322 e. The molecule has 0 aliphatic heterocycles. The first kappa shape index (κ1) is 23.5. The molecule has 7 nitrogen and oxygen atoms in total. The van der Waals surface area contributed by atoms with Gasteiger partial charge in [0, 0.05) is 16.9 Å². The van der Waals surface area contributed by atoms with E-state index < -0.39 is 41.0 Å². The van der Waals surface area contributed by atoms with Gasteiger partial charge in [0.25, 0.3) is 11.8 Å². The van der Waals surface area contributed by atoms with Crippen molar-refractivity contribution in [1.29, 1.82) is 0 Å². The molecule has 4 rings (SSSR count). The lowest BCUT2D eigenvalue weighted by Crippen LogP contribution is -2.21. The highest BCUT2D eigenvalue weighted by molar-refractivity contribution is 6.07. The van der Waals surface area contributed by atoms with E-state index in [9.17, 15) is 31.5 Å². The van der Waals surface area contributed by atoms with Gasteiger partial charge in [-0.2, -0.15) is 13.2 Å².